The molecule has 0 radical (unpaired) electrons. The Kier molecular flexibility index (Phi) is 8.14. The summed E-state index contributed by atoms with van der Waals surface area (Å²) in [5.74, 6) is -0.549. The number of rotatable bonds is 4. The Morgan fingerprint density at radius 2 is 2.29 bits per heavy atom. The molecule has 2 N–H and O–H groups in total. The van der Waals surface area contributed by atoms with Crippen molar-refractivity contribution >= 4 is 30.7 Å². The molecule has 2 aromatic rings. The molecule has 24 heavy (non-hydrogen) atoms. The summed E-state index contributed by atoms with van der Waals surface area (Å²) in [7, 11) is 0. The molecular formula is C15H19Cl2FN4O2. The predicted molar refractivity (Wildman–Crippen MR) is 92.5 cm³/mol. The number of carbonyl (C=O) groups excluding carboxylic acids is 1. The Bertz CT molecular complexity index is 649. The molecule has 132 valence electrons. The van der Waals surface area contributed by atoms with E-state index in [4.69, 9.17) is 4.74 Å². The van der Waals surface area contributed by atoms with Gasteiger partial charge in [0.05, 0.1) is 18.6 Å². The molecule has 1 aromatic carbocycles. The van der Waals surface area contributed by atoms with Gasteiger partial charge in [0.2, 0.25) is 0 Å². The molecule has 0 saturated carbocycles. The van der Waals surface area contributed by atoms with E-state index in [1.807, 2.05) is 0 Å². The molecule has 1 fully saturated rings. The number of ether oxygens (including phenoxy) is 1. The first kappa shape index (κ1) is 20.4. The van der Waals surface area contributed by atoms with Crippen LogP contribution in [0.4, 0.5) is 4.39 Å². The van der Waals surface area contributed by atoms with Gasteiger partial charge in [-0.05, 0) is 17.7 Å². The monoisotopic (exact) mass is 376 g/mol. The standard InChI is InChI=1S/C15H17FN4O2.2ClH/c16-12-7-11(1-2-13(12)20-5-3-18-10-20)8-19-15(21)14-9-17-4-6-22-14;;/h1-3,5,7,10,14,17H,4,6,8-9H2,(H,19,21);2*1H. The van der Waals surface area contributed by atoms with Gasteiger partial charge in [0, 0.05) is 32.0 Å². The fourth-order valence-corrected chi connectivity index (χ4v) is 2.31. The number of carbonyl (C=O) groups is 1. The zero-order chi connectivity index (χ0) is 15.4. The van der Waals surface area contributed by atoms with E-state index < -0.39 is 6.10 Å². The van der Waals surface area contributed by atoms with Gasteiger partial charge in [-0.25, -0.2) is 9.37 Å². The van der Waals surface area contributed by atoms with Crippen LogP contribution in [0.3, 0.4) is 0 Å². The van der Waals surface area contributed by atoms with E-state index in [1.54, 1.807) is 29.1 Å². The van der Waals surface area contributed by atoms with Crippen LogP contribution in [0.15, 0.2) is 36.9 Å². The first-order chi connectivity index (χ1) is 10.7. The van der Waals surface area contributed by atoms with Crippen molar-refractivity contribution in [2.45, 2.75) is 12.6 Å². The van der Waals surface area contributed by atoms with Crippen LogP contribution < -0.4 is 10.6 Å². The van der Waals surface area contributed by atoms with Crippen LogP contribution in [0, 0.1) is 5.82 Å². The van der Waals surface area contributed by atoms with Crippen molar-refractivity contribution in [2.75, 3.05) is 19.7 Å². The lowest BCUT2D eigenvalue weighted by Gasteiger charge is -2.22. The van der Waals surface area contributed by atoms with Gasteiger partial charge in [-0.3, -0.25) is 4.79 Å². The first-order valence-corrected chi connectivity index (χ1v) is 7.11. The van der Waals surface area contributed by atoms with Crippen LogP contribution >= 0.6 is 24.8 Å². The normalized spacial score (nSPS) is 16.6. The molecule has 1 aromatic heterocycles. The average Bonchev–Trinajstić information content (AvgIpc) is 3.07. The van der Waals surface area contributed by atoms with Crippen molar-refractivity contribution in [3.63, 3.8) is 0 Å². The highest BCUT2D eigenvalue weighted by atomic mass is 35.5. The molecule has 1 saturated heterocycles. The number of halogens is 3. The van der Waals surface area contributed by atoms with E-state index in [1.165, 1.54) is 12.4 Å². The van der Waals surface area contributed by atoms with Crippen molar-refractivity contribution in [1.82, 2.24) is 20.2 Å². The Balaban J connectivity index is 0.00000144. The first-order valence-electron chi connectivity index (χ1n) is 7.11. The van der Waals surface area contributed by atoms with Crippen LogP contribution in [0.2, 0.25) is 0 Å². The summed E-state index contributed by atoms with van der Waals surface area (Å²) >= 11 is 0. The largest absolute Gasteiger partial charge is 0.366 e. The third-order valence-electron chi connectivity index (χ3n) is 3.48. The molecule has 9 heteroatoms. The Morgan fingerprint density at radius 1 is 1.46 bits per heavy atom. The highest BCUT2D eigenvalue weighted by Crippen LogP contribution is 2.15. The van der Waals surface area contributed by atoms with Crippen LogP contribution in [-0.4, -0.2) is 41.3 Å². The molecule has 1 amide bonds. The highest BCUT2D eigenvalue weighted by molar-refractivity contribution is 5.85. The SMILES string of the molecule is Cl.Cl.O=C(NCc1ccc(-n2ccnc2)c(F)c1)C1CNCCO1. The van der Waals surface area contributed by atoms with Gasteiger partial charge in [0.25, 0.3) is 5.91 Å². The van der Waals surface area contributed by atoms with Crippen molar-refractivity contribution in [3.05, 3.63) is 48.3 Å². The number of benzene rings is 1. The average molecular weight is 377 g/mol. The minimum absolute atomic E-state index is 0. The maximum absolute atomic E-state index is 14.1. The number of amides is 1. The zero-order valence-electron chi connectivity index (χ0n) is 12.8. The molecule has 6 nitrogen and oxygen atoms in total. The van der Waals surface area contributed by atoms with E-state index in [-0.39, 0.29) is 43.1 Å². The predicted octanol–water partition coefficient (Wildman–Crippen LogP) is 1.46. The summed E-state index contributed by atoms with van der Waals surface area (Å²) in [4.78, 5) is 15.8. The molecular weight excluding hydrogens is 358 g/mol. The summed E-state index contributed by atoms with van der Waals surface area (Å²) in [6.07, 6.45) is 4.32. The quantitative estimate of drug-likeness (QED) is 0.847. The number of hydrogen-bond donors (Lipinski definition) is 2. The molecule has 0 bridgehead atoms. The topological polar surface area (TPSA) is 68.2 Å². The Hall–Kier alpha value is -1.67. The molecule has 3 rings (SSSR count). The van der Waals surface area contributed by atoms with Crippen LogP contribution in [-0.2, 0) is 16.1 Å². The number of aromatic nitrogens is 2. The summed E-state index contributed by atoms with van der Waals surface area (Å²) in [6, 6.07) is 4.85. The molecule has 1 aliphatic heterocycles. The van der Waals surface area contributed by atoms with Crippen LogP contribution in [0.1, 0.15) is 5.56 Å². The second-order valence-electron chi connectivity index (χ2n) is 5.04. The fraction of sp³-hybridized carbons (Fsp3) is 0.333. The lowest BCUT2D eigenvalue weighted by molar-refractivity contribution is -0.134. The molecule has 1 atom stereocenters. The summed E-state index contributed by atoms with van der Waals surface area (Å²) in [6.45, 7) is 2.04. The van der Waals surface area contributed by atoms with Gasteiger partial charge in [-0.15, -0.1) is 24.8 Å². The van der Waals surface area contributed by atoms with E-state index in [0.717, 1.165) is 6.54 Å². The van der Waals surface area contributed by atoms with E-state index >= 15 is 0 Å². The smallest absolute Gasteiger partial charge is 0.250 e. The molecule has 1 aliphatic rings. The lowest BCUT2D eigenvalue weighted by atomic mass is 10.2. The summed E-state index contributed by atoms with van der Waals surface area (Å²) < 4.78 is 21.1. The second-order valence-corrected chi connectivity index (χ2v) is 5.04. The van der Waals surface area contributed by atoms with Gasteiger partial charge < -0.3 is 19.9 Å². The van der Waals surface area contributed by atoms with Crippen LogP contribution in [0.25, 0.3) is 5.69 Å². The van der Waals surface area contributed by atoms with Gasteiger partial charge in [0.15, 0.2) is 0 Å². The van der Waals surface area contributed by atoms with E-state index in [2.05, 4.69) is 15.6 Å². The van der Waals surface area contributed by atoms with E-state index in [9.17, 15) is 9.18 Å². The third kappa shape index (κ3) is 4.91. The maximum Gasteiger partial charge on any atom is 0.250 e. The Labute approximate surface area is 151 Å². The van der Waals surface area contributed by atoms with E-state index in [0.29, 0.717) is 24.4 Å². The van der Waals surface area contributed by atoms with Crippen molar-refractivity contribution in [3.8, 4) is 5.69 Å². The van der Waals surface area contributed by atoms with Gasteiger partial charge in [0.1, 0.15) is 11.9 Å². The van der Waals surface area contributed by atoms with Crippen LogP contribution in [0.5, 0.6) is 0 Å². The maximum atomic E-state index is 14.1. The Morgan fingerprint density at radius 3 is 2.92 bits per heavy atom. The molecule has 2 heterocycles. The van der Waals surface area contributed by atoms with Crippen molar-refractivity contribution in [1.29, 1.82) is 0 Å². The number of nitrogens with zero attached hydrogens (tertiary/aromatic N) is 2. The number of nitrogens with one attached hydrogen (secondary N) is 2. The van der Waals surface area contributed by atoms with Gasteiger partial charge in [-0.2, -0.15) is 0 Å². The second kappa shape index (κ2) is 9.58. The third-order valence-corrected chi connectivity index (χ3v) is 3.48. The molecule has 1 unspecified atom stereocenters. The minimum atomic E-state index is -0.483. The number of hydrogen-bond acceptors (Lipinski definition) is 4. The molecule has 0 spiro atoms. The van der Waals surface area contributed by atoms with Gasteiger partial charge in [-0.1, -0.05) is 6.07 Å². The number of morpholine rings is 1. The summed E-state index contributed by atoms with van der Waals surface area (Å²) in [5, 5.41) is 5.85. The molecule has 0 aliphatic carbocycles. The summed E-state index contributed by atoms with van der Waals surface area (Å²) in [5.41, 5.74) is 1.12. The number of imidazole rings is 1. The fourth-order valence-electron chi connectivity index (χ4n) is 2.31. The van der Waals surface area contributed by atoms with Gasteiger partial charge >= 0.3 is 0 Å². The minimum Gasteiger partial charge on any atom is -0.366 e. The van der Waals surface area contributed by atoms with Crippen molar-refractivity contribution in [2.24, 2.45) is 0 Å². The zero-order valence-corrected chi connectivity index (χ0v) is 14.4. The highest BCUT2D eigenvalue weighted by Gasteiger charge is 2.21. The lowest BCUT2D eigenvalue weighted by Crippen LogP contribution is -2.47. The van der Waals surface area contributed by atoms with Crippen molar-refractivity contribution < 1.29 is 13.9 Å².